The zero-order chi connectivity index (χ0) is 22.4. The minimum absolute atomic E-state index is 0.0344. The average Bonchev–Trinajstić information content (AvgIpc) is 3.44. The van der Waals surface area contributed by atoms with E-state index in [1.807, 2.05) is 43.3 Å². The first-order valence-corrected chi connectivity index (χ1v) is 10.6. The number of hydrogen-bond donors (Lipinski definition) is 1. The number of carbonyl (C=O) groups excluding carboxylic acids is 2. The zero-order valence-corrected chi connectivity index (χ0v) is 17.9. The number of aryl methyl sites for hydroxylation is 1. The fraction of sp³-hybridized carbons (Fsp3) is 0.231. The van der Waals surface area contributed by atoms with Crippen LogP contribution < -0.4 is 4.74 Å². The number of carbonyl (C=O) groups is 2. The van der Waals surface area contributed by atoms with Gasteiger partial charge in [-0.25, -0.2) is 0 Å². The number of rotatable bonds is 4. The molecular weight excluding hydrogens is 406 g/mol. The Kier molecular flexibility index (Phi) is 4.85. The number of likely N-dealkylation sites (tertiary alicyclic amines) is 1. The zero-order valence-electron chi connectivity index (χ0n) is 17.9. The number of ether oxygens (including phenoxy) is 1. The van der Waals surface area contributed by atoms with E-state index in [9.17, 15) is 14.7 Å². The number of nitrogens with zero attached hydrogens (tertiary/aromatic N) is 1. The summed E-state index contributed by atoms with van der Waals surface area (Å²) in [5.41, 5.74) is 2.36. The Morgan fingerprint density at radius 1 is 1.09 bits per heavy atom. The fourth-order valence-corrected chi connectivity index (χ4v) is 4.44. The van der Waals surface area contributed by atoms with E-state index in [0.29, 0.717) is 17.1 Å². The third kappa shape index (κ3) is 3.38. The van der Waals surface area contributed by atoms with E-state index in [4.69, 9.17) is 9.15 Å². The van der Waals surface area contributed by atoms with Crippen LogP contribution in [-0.4, -0.2) is 27.8 Å². The summed E-state index contributed by atoms with van der Waals surface area (Å²) in [5.74, 6) is 0.290. The third-order valence-electron chi connectivity index (χ3n) is 5.94. The number of Topliss-reactive ketones (excluding diaryl/α,β-unsaturated/α-hetero) is 1. The molecule has 0 bridgehead atoms. The first kappa shape index (κ1) is 20.1. The summed E-state index contributed by atoms with van der Waals surface area (Å²) in [6.07, 6.45) is 0.782. The highest BCUT2D eigenvalue weighted by molar-refractivity contribution is 6.46. The van der Waals surface area contributed by atoms with Gasteiger partial charge in [-0.3, -0.25) is 9.59 Å². The number of ketones is 1. The molecule has 32 heavy (non-hydrogen) atoms. The van der Waals surface area contributed by atoms with Crippen LogP contribution in [-0.2, 0) is 22.6 Å². The summed E-state index contributed by atoms with van der Waals surface area (Å²) in [4.78, 5) is 27.6. The highest BCUT2D eigenvalue weighted by Crippen LogP contribution is 2.41. The van der Waals surface area contributed by atoms with Crippen molar-refractivity contribution in [3.8, 4) is 5.75 Å². The van der Waals surface area contributed by atoms with Crippen LogP contribution in [0.1, 0.15) is 41.2 Å². The van der Waals surface area contributed by atoms with E-state index >= 15 is 0 Å². The maximum atomic E-state index is 13.1. The van der Waals surface area contributed by atoms with Crippen LogP contribution in [0.2, 0.25) is 0 Å². The van der Waals surface area contributed by atoms with Crippen molar-refractivity contribution in [1.82, 2.24) is 4.90 Å². The second-order valence-electron chi connectivity index (χ2n) is 8.32. The van der Waals surface area contributed by atoms with Crippen LogP contribution in [0.3, 0.4) is 0 Å². The normalized spacial score (nSPS) is 21.6. The average molecular weight is 429 g/mol. The summed E-state index contributed by atoms with van der Waals surface area (Å²) in [6, 6.07) is 17.5. The van der Waals surface area contributed by atoms with Gasteiger partial charge in [0, 0.05) is 18.5 Å². The third-order valence-corrected chi connectivity index (χ3v) is 5.94. The fourth-order valence-electron chi connectivity index (χ4n) is 4.44. The SMILES string of the molecule is Cc1ccc([C@H]2C(=C(O)c3ccc4c(c3)C[C@@H](C)O4)C(=O)C(=O)N2Cc2ccccc2)o1. The predicted octanol–water partition coefficient (Wildman–Crippen LogP) is 4.53. The molecule has 1 fully saturated rings. The van der Waals surface area contributed by atoms with Crippen LogP contribution in [0.4, 0.5) is 0 Å². The molecule has 2 aliphatic heterocycles. The Hall–Kier alpha value is -3.80. The molecule has 1 aromatic heterocycles. The molecule has 2 atom stereocenters. The molecule has 6 nitrogen and oxygen atoms in total. The van der Waals surface area contributed by atoms with Crippen molar-refractivity contribution in [2.75, 3.05) is 0 Å². The first-order chi connectivity index (χ1) is 15.4. The number of aliphatic hydroxyl groups is 1. The number of aliphatic hydroxyl groups excluding tert-OH is 1. The summed E-state index contributed by atoms with van der Waals surface area (Å²) in [6.45, 7) is 4.00. The molecular formula is C26H23NO5. The lowest BCUT2D eigenvalue weighted by molar-refractivity contribution is -0.140. The van der Waals surface area contributed by atoms with Gasteiger partial charge in [-0.1, -0.05) is 30.3 Å². The first-order valence-electron chi connectivity index (χ1n) is 10.6. The van der Waals surface area contributed by atoms with Gasteiger partial charge in [0.1, 0.15) is 35.2 Å². The quantitative estimate of drug-likeness (QED) is 0.374. The van der Waals surface area contributed by atoms with Crippen LogP contribution in [0.5, 0.6) is 5.75 Å². The number of amides is 1. The summed E-state index contributed by atoms with van der Waals surface area (Å²) < 4.78 is 11.6. The van der Waals surface area contributed by atoms with Crippen molar-refractivity contribution in [3.63, 3.8) is 0 Å². The van der Waals surface area contributed by atoms with Gasteiger partial charge in [-0.2, -0.15) is 0 Å². The second kappa shape index (κ2) is 7.71. The number of fused-ring (bicyclic) bond motifs is 1. The summed E-state index contributed by atoms with van der Waals surface area (Å²) >= 11 is 0. The maximum absolute atomic E-state index is 13.1. The highest BCUT2D eigenvalue weighted by Gasteiger charge is 2.47. The van der Waals surface area contributed by atoms with Crippen LogP contribution >= 0.6 is 0 Å². The van der Waals surface area contributed by atoms with E-state index in [1.54, 1.807) is 31.2 Å². The predicted molar refractivity (Wildman–Crippen MR) is 118 cm³/mol. The van der Waals surface area contributed by atoms with Crippen LogP contribution in [0.15, 0.2) is 70.7 Å². The monoisotopic (exact) mass is 429 g/mol. The van der Waals surface area contributed by atoms with Crippen molar-refractivity contribution >= 4 is 17.4 Å². The molecule has 3 aromatic rings. The minimum atomic E-state index is -0.813. The smallest absolute Gasteiger partial charge is 0.296 e. The van der Waals surface area contributed by atoms with E-state index in [2.05, 4.69) is 0 Å². The van der Waals surface area contributed by atoms with E-state index in [-0.39, 0.29) is 24.0 Å². The van der Waals surface area contributed by atoms with Crippen molar-refractivity contribution in [3.05, 3.63) is 94.4 Å². The standard InChI is InChI=1S/C26H23NO5/c1-15-8-10-21(31-15)23-22(24(28)18-9-11-20-19(13-18)12-16(2)32-20)25(29)26(30)27(23)14-17-6-4-3-5-7-17/h3-11,13,16,23,28H,12,14H2,1-2H3/t16-,23+/m1/s1. The second-order valence-corrected chi connectivity index (χ2v) is 8.32. The molecule has 5 rings (SSSR count). The van der Waals surface area contributed by atoms with Crippen LogP contribution in [0.25, 0.3) is 5.76 Å². The van der Waals surface area contributed by atoms with Crippen molar-refractivity contribution in [2.45, 2.75) is 39.0 Å². The molecule has 1 N–H and O–H groups in total. The highest BCUT2D eigenvalue weighted by atomic mass is 16.5. The van der Waals surface area contributed by atoms with Crippen molar-refractivity contribution in [2.24, 2.45) is 0 Å². The molecule has 0 radical (unpaired) electrons. The Bertz CT molecular complexity index is 1240. The summed E-state index contributed by atoms with van der Waals surface area (Å²) in [7, 11) is 0. The molecule has 6 heteroatoms. The molecule has 0 aliphatic carbocycles. The molecule has 162 valence electrons. The van der Waals surface area contributed by atoms with E-state index < -0.39 is 17.7 Å². The lowest BCUT2D eigenvalue weighted by Gasteiger charge is -2.23. The molecule has 1 saturated heterocycles. The van der Waals surface area contributed by atoms with Gasteiger partial charge < -0.3 is 19.2 Å². The molecule has 1 amide bonds. The summed E-state index contributed by atoms with van der Waals surface area (Å²) in [5, 5.41) is 11.2. The number of hydrogen-bond acceptors (Lipinski definition) is 5. The van der Waals surface area contributed by atoms with E-state index in [1.165, 1.54) is 4.90 Å². The Balaban J connectivity index is 1.62. The number of benzene rings is 2. The molecule has 3 heterocycles. The van der Waals surface area contributed by atoms with E-state index in [0.717, 1.165) is 23.3 Å². The van der Waals surface area contributed by atoms with Gasteiger partial charge in [0.2, 0.25) is 0 Å². The van der Waals surface area contributed by atoms with Crippen molar-refractivity contribution in [1.29, 1.82) is 0 Å². The molecule has 0 saturated carbocycles. The van der Waals surface area contributed by atoms with Gasteiger partial charge >= 0.3 is 0 Å². The van der Waals surface area contributed by atoms with Gasteiger partial charge in [-0.05, 0) is 55.3 Å². The van der Waals surface area contributed by atoms with Crippen molar-refractivity contribution < 1.29 is 23.8 Å². The minimum Gasteiger partial charge on any atom is -0.507 e. The largest absolute Gasteiger partial charge is 0.507 e. The van der Waals surface area contributed by atoms with Gasteiger partial charge in [0.15, 0.2) is 0 Å². The van der Waals surface area contributed by atoms with Gasteiger partial charge in [0.25, 0.3) is 11.7 Å². The van der Waals surface area contributed by atoms with Gasteiger partial charge in [-0.15, -0.1) is 0 Å². The molecule has 2 aliphatic rings. The molecule has 0 spiro atoms. The molecule has 0 unspecified atom stereocenters. The lowest BCUT2D eigenvalue weighted by atomic mass is 9.97. The Morgan fingerprint density at radius 3 is 2.59 bits per heavy atom. The lowest BCUT2D eigenvalue weighted by Crippen LogP contribution is -2.29. The Morgan fingerprint density at radius 2 is 1.88 bits per heavy atom. The maximum Gasteiger partial charge on any atom is 0.296 e. The van der Waals surface area contributed by atoms with Gasteiger partial charge in [0.05, 0.1) is 5.57 Å². The number of furan rings is 1. The topological polar surface area (TPSA) is 80.0 Å². The molecule has 2 aromatic carbocycles. The van der Waals surface area contributed by atoms with Crippen LogP contribution in [0, 0.1) is 6.92 Å². The Labute approximate surface area is 185 Å².